The summed E-state index contributed by atoms with van der Waals surface area (Å²) in [5.41, 5.74) is 2.57. The molecule has 4 nitrogen and oxygen atoms in total. The maximum atomic E-state index is 4.08. The van der Waals surface area contributed by atoms with E-state index in [1.165, 1.54) is 37.3 Å². The SMILES string of the molecule is c1cn(-c2ccc(CN3C[C@@H]4CCN[C@@H]4C3)cc2)cn1. The minimum absolute atomic E-state index is 0.736. The molecule has 0 spiro atoms. The van der Waals surface area contributed by atoms with Gasteiger partial charge in [0.25, 0.3) is 0 Å². The molecule has 0 amide bonds. The van der Waals surface area contributed by atoms with Gasteiger partial charge >= 0.3 is 0 Å². The zero-order valence-corrected chi connectivity index (χ0v) is 11.6. The van der Waals surface area contributed by atoms with Crippen LogP contribution < -0.4 is 5.32 Å². The number of benzene rings is 1. The van der Waals surface area contributed by atoms with Crippen LogP contribution in [0.5, 0.6) is 0 Å². The number of hydrogen-bond donors (Lipinski definition) is 1. The third kappa shape index (κ3) is 2.25. The van der Waals surface area contributed by atoms with E-state index in [-0.39, 0.29) is 0 Å². The molecule has 20 heavy (non-hydrogen) atoms. The predicted molar refractivity (Wildman–Crippen MR) is 78.7 cm³/mol. The molecule has 2 aromatic rings. The van der Waals surface area contributed by atoms with Gasteiger partial charge in [-0.3, -0.25) is 4.90 Å². The van der Waals surface area contributed by atoms with E-state index >= 15 is 0 Å². The molecule has 4 rings (SSSR count). The van der Waals surface area contributed by atoms with E-state index in [4.69, 9.17) is 0 Å². The molecule has 3 heterocycles. The van der Waals surface area contributed by atoms with E-state index < -0.39 is 0 Å². The fourth-order valence-electron chi connectivity index (χ4n) is 3.51. The van der Waals surface area contributed by atoms with Crippen molar-refractivity contribution < 1.29 is 0 Å². The first-order valence-corrected chi connectivity index (χ1v) is 7.41. The summed E-state index contributed by atoms with van der Waals surface area (Å²) in [5, 5.41) is 3.61. The molecule has 104 valence electrons. The summed E-state index contributed by atoms with van der Waals surface area (Å²) in [4.78, 5) is 6.66. The highest BCUT2D eigenvalue weighted by Crippen LogP contribution is 2.25. The molecular weight excluding hydrogens is 248 g/mol. The summed E-state index contributed by atoms with van der Waals surface area (Å²) in [5.74, 6) is 0.875. The minimum Gasteiger partial charge on any atom is -0.312 e. The first-order chi connectivity index (χ1) is 9.88. The van der Waals surface area contributed by atoms with E-state index in [1.54, 1.807) is 0 Å². The number of aromatic nitrogens is 2. The van der Waals surface area contributed by atoms with E-state index in [0.29, 0.717) is 0 Å². The van der Waals surface area contributed by atoms with Gasteiger partial charge in [-0.2, -0.15) is 0 Å². The average molecular weight is 268 g/mol. The van der Waals surface area contributed by atoms with Crippen LogP contribution in [0.1, 0.15) is 12.0 Å². The molecule has 2 saturated heterocycles. The molecule has 0 bridgehead atoms. The van der Waals surface area contributed by atoms with E-state index in [0.717, 1.165) is 18.5 Å². The Morgan fingerprint density at radius 2 is 2.10 bits per heavy atom. The molecule has 2 aliphatic heterocycles. The smallest absolute Gasteiger partial charge is 0.0991 e. The van der Waals surface area contributed by atoms with Crippen molar-refractivity contribution in [2.75, 3.05) is 19.6 Å². The molecule has 1 aromatic heterocycles. The summed E-state index contributed by atoms with van der Waals surface area (Å²) in [7, 11) is 0. The largest absolute Gasteiger partial charge is 0.312 e. The molecule has 2 atom stereocenters. The van der Waals surface area contributed by atoms with Gasteiger partial charge in [-0.1, -0.05) is 12.1 Å². The van der Waals surface area contributed by atoms with E-state index in [1.807, 2.05) is 23.3 Å². The van der Waals surface area contributed by atoms with Gasteiger partial charge in [-0.25, -0.2) is 4.98 Å². The Morgan fingerprint density at radius 3 is 2.85 bits per heavy atom. The van der Waals surface area contributed by atoms with Crippen LogP contribution in [0.4, 0.5) is 0 Å². The van der Waals surface area contributed by atoms with Gasteiger partial charge in [0.1, 0.15) is 0 Å². The quantitative estimate of drug-likeness (QED) is 0.919. The Kier molecular flexibility index (Phi) is 3.05. The van der Waals surface area contributed by atoms with Crippen LogP contribution in [-0.2, 0) is 6.54 Å². The minimum atomic E-state index is 0.736. The van der Waals surface area contributed by atoms with Crippen LogP contribution in [0.3, 0.4) is 0 Å². The Bertz CT molecular complexity index is 549. The van der Waals surface area contributed by atoms with Crippen molar-refractivity contribution in [3.63, 3.8) is 0 Å². The molecular formula is C16H20N4. The van der Waals surface area contributed by atoms with Gasteiger partial charge in [-0.05, 0) is 36.6 Å². The molecule has 2 aliphatic rings. The van der Waals surface area contributed by atoms with Gasteiger partial charge in [0.2, 0.25) is 0 Å². The average Bonchev–Trinajstić information content (AvgIpc) is 3.15. The van der Waals surface area contributed by atoms with Crippen LogP contribution in [0, 0.1) is 5.92 Å². The molecule has 0 saturated carbocycles. The first-order valence-electron chi connectivity index (χ1n) is 7.41. The number of likely N-dealkylation sites (tertiary alicyclic amines) is 1. The molecule has 0 aliphatic carbocycles. The maximum Gasteiger partial charge on any atom is 0.0991 e. The number of nitrogens with zero attached hydrogens (tertiary/aromatic N) is 3. The highest BCUT2D eigenvalue weighted by atomic mass is 15.2. The zero-order valence-electron chi connectivity index (χ0n) is 11.6. The second-order valence-electron chi connectivity index (χ2n) is 5.94. The lowest BCUT2D eigenvalue weighted by atomic mass is 10.1. The van der Waals surface area contributed by atoms with Crippen molar-refractivity contribution in [3.05, 3.63) is 48.5 Å². The van der Waals surface area contributed by atoms with Crippen molar-refractivity contribution in [1.82, 2.24) is 19.8 Å². The second-order valence-corrected chi connectivity index (χ2v) is 5.94. The summed E-state index contributed by atoms with van der Waals surface area (Å²) in [6.07, 6.45) is 6.97. The number of nitrogens with one attached hydrogen (secondary N) is 1. The Balaban J connectivity index is 1.42. The highest BCUT2D eigenvalue weighted by Gasteiger charge is 2.35. The van der Waals surface area contributed by atoms with Crippen molar-refractivity contribution in [2.45, 2.75) is 19.0 Å². The standard InChI is InChI=1S/C16H20N4/c1-3-15(20-8-7-17-12-20)4-2-13(1)9-19-10-14-5-6-18-16(14)11-19/h1-4,7-8,12,14,16,18H,5-6,9-11H2/t14-,16+/m0/s1. The number of fused-ring (bicyclic) bond motifs is 1. The number of imidazole rings is 1. The lowest BCUT2D eigenvalue weighted by Crippen LogP contribution is -2.29. The van der Waals surface area contributed by atoms with Crippen LogP contribution in [-0.4, -0.2) is 40.1 Å². The third-order valence-corrected chi connectivity index (χ3v) is 4.58. The monoisotopic (exact) mass is 268 g/mol. The fraction of sp³-hybridized carbons (Fsp3) is 0.438. The topological polar surface area (TPSA) is 33.1 Å². The van der Waals surface area contributed by atoms with Gasteiger partial charge in [-0.15, -0.1) is 0 Å². The molecule has 0 unspecified atom stereocenters. The predicted octanol–water partition coefficient (Wildman–Crippen LogP) is 1.67. The third-order valence-electron chi connectivity index (χ3n) is 4.58. The molecule has 2 fully saturated rings. The summed E-state index contributed by atoms with van der Waals surface area (Å²) < 4.78 is 2.04. The highest BCUT2D eigenvalue weighted by molar-refractivity contribution is 5.34. The fourth-order valence-corrected chi connectivity index (χ4v) is 3.51. The normalized spacial score (nSPS) is 26.0. The molecule has 1 aromatic carbocycles. The van der Waals surface area contributed by atoms with Gasteiger partial charge < -0.3 is 9.88 Å². The second kappa shape index (κ2) is 5.04. The number of rotatable bonds is 3. The summed E-state index contributed by atoms with van der Waals surface area (Å²) in [6.45, 7) is 4.73. The zero-order chi connectivity index (χ0) is 13.4. The Labute approximate surface area is 119 Å². The van der Waals surface area contributed by atoms with Crippen LogP contribution in [0.15, 0.2) is 43.0 Å². The van der Waals surface area contributed by atoms with Gasteiger partial charge in [0, 0.05) is 43.8 Å². The van der Waals surface area contributed by atoms with Crippen molar-refractivity contribution in [2.24, 2.45) is 5.92 Å². The van der Waals surface area contributed by atoms with E-state index in [2.05, 4.69) is 39.5 Å². The summed E-state index contributed by atoms with van der Waals surface area (Å²) >= 11 is 0. The molecule has 0 radical (unpaired) electrons. The molecule has 1 N–H and O–H groups in total. The Hall–Kier alpha value is -1.65. The van der Waals surface area contributed by atoms with E-state index in [9.17, 15) is 0 Å². The van der Waals surface area contributed by atoms with Crippen molar-refractivity contribution in [3.8, 4) is 5.69 Å². The van der Waals surface area contributed by atoms with Crippen LogP contribution in [0.2, 0.25) is 0 Å². The maximum absolute atomic E-state index is 4.08. The lowest BCUT2D eigenvalue weighted by Gasteiger charge is -2.17. The lowest BCUT2D eigenvalue weighted by molar-refractivity contribution is 0.307. The molecule has 4 heteroatoms. The van der Waals surface area contributed by atoms with Gasteiger partial charge in [0.15, 0.2) is 0 Å². The van der Waals surface area contributed by atoms with Crippen molar-refractivity contribution in [1.29, 1.82) is 0 Å². The van der Waals surface area contributed by atoms with Gasteiger partial charge in [0.05, 0.1) is 6.33 Å². The first kappa shape index (κ1) is 12.1. The van der Waals surface area contributed by atoms with Crippen LogP contribution >= 0.6 is 0 Å². The van der Waals surface area contributed by atoms with Crippen molar-refractivity contribution >= 4 is 0 Å². The number of hydrogen-bond acceptors (Lipinski definition) is 3. The Morgan fingerprint density at radius 1 is 1.20 bits per heavy atom. The summed E-state index contributed by atoms with van der Waals surface area (Å²) in [6, 6.07) is 9.55. The van der Waals surface area contributed by atoms with Crippen LogP contribution in [0.25, 0.3) is 5.69 Å².